The van der Waals surface area contributed by atoms with Crippen LogP contribution in [0.25, 0.3) is 0 Å². The maximum atomic E-state index is 12.4. The van der Waals surface area contributed by atoms with E-state index in [-0.39, 0.29) is 5.91 Å². The number of methoxy groups -OCH3 is 2. The van der Waals surface area contributed by atoms with Crippen LogP contribution in [0.3, 0.4) is 0 Å². The summed E-state index contributed by atoms with van der Waals surface area (Å²) < 4.78 is 15.8. The molecular weight excluding hydrogens is 408 g/mol. The molecule has 3 rings (SSSR count). The Balaban J connectivity index is 1.50. The highest BCUT2D eigenvalue weighted by Crippen LogP contribution is 2.28. The summed E-state index contributed by atoms with van der Waals surface area (Å²) in [5, 5.41) is 3.97. The Morgan fingerprint density at radius 2 is 1.62 bits per heavy atom. The first kappa shape index (κ1) is 22.6. The highest BCUT2D eigenvalue weighted by molar-refractivity contribution is 5.92. The lowest BCUT2D eigenvalue weighted by Gasteiger charge is -2.09. The van der Waals surface area contributed by atoms with E-state index in [4.69, 9.17) is 14.2 Å². The van der Waals surface area contributed by atoms with E-state index in [9.17, 15) is 9.59 Å². The second-order valence-corrected chi connectivity index (χ2v) is 6.81. The molecule has 164 valence electrons. The molecule has 0 unspecified atom stereocenters. The molecule has 3 aromatic rings. The monoisotopic (exact) mass is 432 g/mol. The van der Waals surface area contributed by atoms with E-state index < -0.39 is 5.97 Å². The molecule has 1 N–H and O–H groups in total. The van der Waals surface area contributed by atoms with E-state index in [1.165, 1.54) is 20.4 Å². The molecule has 0 saturated carbocycles. The van der Waals surface area contributed by atoms with Crippen LogP contribution in [0.4, 0.5) is 0 Å². The van der Waals surface area contributed by atoms with Crippen molar-refractivity contribution in [3.63, 3.8) is 0 Å². The number of nitrogens with one attached hydrogen (secondary N) is 1. The number of rotatable bonds is 9. The molecule has 7 heteroatoms. The molecule has 0 aliphatic heterocycles. The van der Waals surface area contributed by atoms with Crippen molar-refractivity contribution in [2.24, 2.45) is 5.10 Å². The molecule has 0 radical (unpaired) electrons. The summed E-state index contributed by atoms with van der Waals surface area (Å²) in [7, 11) is 3.02. The minimum absolute atomic E-state index is 0.162. The highest BCUT2D eigenvalue weighted by Gasteiger charge is 2.13. The van der Waals surface area contributed by atoms with E-state index in [0.717, 1.165) is 11.1 Å². The van der Waals surface area contributed by atoms with Crippen LogP contribution in [-0.2, 0) is 11.2 Å². The fraction of sp³-hybridized carbons (Fsp3) is 0.160. The first-order valence-corrected chi connectivity index (χ1v) is 9.99. The lowest BCUT2D eigenvalue weighted by Crippen LogP contribution is -2.17. The fourth-order valence-electron chi connectivity index (χ4n) is 2.89. The van der Waals surface area contributed by atoms with Crippen molar-refractivity contribution < 1.29 is 23.8 Å². The van der Waals surface area contributed by atoms with Crippen LogP contribution in [-0.4, -0.2) is 32.3 Å². The molecule has 0 aromatic heterocycles. The molecule has 0 aliphatic carbocycles. The van der Waals surface area contributed by atoms with Gasteiger partial charge >= 0.3 is 5.97 Å². The van der Waals surface area contributed by atoms with Gasteiger partial charge in [0.2, 0.25) is 5.91 Å². The average Bonchev–Trinajstić information content (AvgIpc) is 2.84. The van der Waals surface area contributed by atoms with Gasteiger partial charge in [-0.3, -0.25) is 4.79 Å². The van der Waals surface area contributed by atoms with Crippen LogP contribution in [0.1, 0.15) is 27.9 Å². The van der Waals surface area contributed by atoms with Crippen LogP contribution in [0.2, 0.25) is 0 Å². The van der Waals surface area contributed by atoms with Gasteiger partial charge in [-0.1, -0.05) is 30.3 Å². The summed E-state index contributed by atoms with van der Waals surface area (Å²) in [6.07, 6.45) is 2.54. The van der Waals surface area contributed by atoms with Gasteiger partial charge in [-0.25, -0.2) is 10.2 Å². The van der Waals surface area contributed by atoms with Crippen LogP contribution in [0.5, 0.6) is 17.2 Å². The third-order valence-corrected chi connectivity index (χ3v) is 4.60. The summed E-state index contributed by atoms with van der Waals surface area (Å²) in [5.41, 5.74) is 4.70. The summed E-state index contributed by atoms with van der Waals surface area (Å²) >= 11 is 0. The lowest BCUT2D eigenvalue weighted by molar-refractivity contribution is -0.121. The number of hydrogen-bond acceptors (Lipinski definition) is 6. The van der Waals surface area contributed by atoms with Gasteiger partial charge in [0, 0.05) is 6.42 Å². The maximum absolute atomic E-state index is 12.4. The Bertz CT molecular complexity index is 1080. The zero-order valence-corrected chi connectivity index (χ0v) is 17.9. The maximum Gasteiger partial charge on any atom is 0.343 e. The summed E-state index contributed by atoms with van der Waals surface area (Å²) in [4.78, 5) is 24.3. The first-order valence-electron chi connectivity index (χ1n) is 9.99. The van der Waals surface area contributed by atoms with Crippen molar-refractivity contribution in [2.75, 3.05) is 14.2 Å². The number of amides is 1. The van der Waals surface area contributed by atoms with Crippen molar-refractivity contribution in [1.82, 2.24) is 5.43 Å². The smallest absolute Gasteiger partial charge is 0.343 e. The van der Waals surface area contributed by atoms with Crippen molar-refractivity contribution in [1.29, 1.82) is 0 Å². The Morgan fingerprint density at radius 1 is 0.906 bits per heavy atom. The standard InChI is InChI=1S/C25H24N2O5/c1-30-22-14-11-20(16-23(22)31-2)25(29)32-21-12-8-19(9-13-21)17-26-27-24(28)15-10-18-6-4-3-5-7-18/h3-9,11-14,16-17H,10,15H2,1-2H3,(H,27,28). The number of carbonyl (C=O) groups is 2. The summed E-state index contributed by atoms with van der Waals surface area (Å²) in [5.74, 6) is 0.677. The first-order chi connectivity index (χ1) is 15.6. The number of ether oxygens (including phenoxy) is 3. The van der Waals surface area contributed by atoms with E-state index in [0.29, 0.717) is 35.7 Å². The van der Waals surface area contributed by atoms with E-state index in [2.05, 4.69) is 10.5 Å². The largest absolute Gasteiger partial charge is 0.493 e. The molecule has 0 spiro atoms. The van der Waals surface area contributed by atoms with Gasteiger partial charge in [0.05, 0.1) is 26.0 Å². The lowest BCUT2D eigenvalue weighted by atomic mass is 10.1. The Morgan fingerprint density at radius 3 is 2.31 bits per heavy atom. The van der Waals surface area contributed by atoms with E-state index in [1.807, 2.05) is 30.3 Å². The van der Waals surface area contributed by atoms with Gasteiger partial charge in [0.25, 0.3) is 0 Å². The highest BCUT2D eigenvalue weighted by atomic mass is 16.5. The van der Waals surface area contributed by atoms with Gasteiger partial charge < -0.3 is 14.2 Å². The fourth-order valence-corrected chi connectivity index (χ4v) is 2.89. The van der Waals surface area contributed by atoms with Crippen molar-refractivity contribution in [3.05, 3.63) is 89.5 Å². The Kier molecular flexibility index (Phi) is 7.97. The molecule has 7 nitrogen and oxygen atoms in total. The van der Waals surface area contributed by atoms with Crippen molar-refractivity contribution >= 4 is 18.1 Å². The quantitative estimate of drug-likeness (QED) is 0.239. The van der Waals surface area contributed by atoms with Crippen LogP contribution in [0.15, 0.2) is 77.9 Å². The number of aryl methyl sites for hydroxylation is 1. The minimum atomic E-state index is -0.516. The van der Waals surface area contributed by atoms with Gasteiger partial charge in [-0.2, -0.15) is 5.10 Å². The molecule has 0 bridgehead atoms. The second kappa shape index (κ2) is 11.3. The predicted octanol–water partition coefficient (Wildman–Crippen LogP) is 4.01. The van der Waals surface area contributed by atoms with E-state index in [1.54, 1.807) is 42.5 Å². The summed E-state index contributed by atoms with van der Waals surface area (Å²) in [6, 6.07) is 21.4. The zero-order valence-electron chi connectivity index (χ0n) is 17.9. The molecule has 0 saturated heterocycles. The van der Waals surface area contributed by atoms with Crippen LogP contribution >= 0.6 is 0 Å². The zero-order chi connectivity index (χ0) is 22.8. The molecule has 0 aliphatic rings. The van der Waals surface area contributed by atoms with Gasteiger partial charge in [0.1, 0.15) is 5.75 Å². The normalized spacial score (nSPS) is 10.6. The van der Waals surface area contributed by atoms with Crippen LogP contribution in [0, 0.1) is 0 Å². The number of nitrogens with zero attached hydrogens (tertiary/aromatic N) is 1. The Hall–Kier alpha value is -4.13. The predicted molar refractivity (Wildman–Crippen MR) is 121 cm³/mol. The number of benzene rings is 3. The van der Waals surface area contributed by atoms with Gasteiger partial charge in [0.15, 0.2) is 11.5 Å². The topological polar surface area (TPSA) is 86.2 Å². The van der Waals surface area contributed by atoms with Gasteiger partial charge in [-0.05, 0) is 60.0 Å². The second-order valence-electron chi connectivity index (χ2n) is 6.81. The van der Waals surface area contributed by atoms with Crippen molar-refractivity contribution in [2.45, 2.75) is 12.8 Å². The number of esters is 1. The van der Waals surface area contributed by atoms with Crippen molar-refractivity contribution in [3.8, 4) is 17.2 Å². The number of carbonyl (C=O) groups excluding carboxylic acids is 2. The molecular formula is C25H24N2O5. The Labute approximate surface area is 186 Å². The molecule has 0 fully saturated rings. The SMILES string of the molecule is COc1ccc(C(=O)Oc2ccc(C=NNC(=O)CCc3ccccc3)cc2)cc1OC. The molecule has 32 heavy (non-hydrogen) atoms. The molecule has 1 amide bonds. The molecule has 0 heterocycles. The van der Waals surface area contributed by atoms with Crippen LogP contribution < -0.4 is 19.6 Å². The number of hydrazone groups is 1. The minimum Gasteiger partial charge on any atom is -0.493 e. The molecule has 0 atom stereocenters. The summed E-state index contributed by atoms with van der Waals surface area (Å²) in [6.45, 7) is 0. The third-order valence-electron chi connectivity index (χ3n) is 4.60. The van der Waals surface area contributed by atoms with Gasteiger partial charge in [-0.15, -0.1) is 0 Å². The average molecular weight is 432 g/mol. The van der Waals surface area contributed by atoms with E-state index >= 15 is 0 Å². The third kappa shape index (κ3) is 6.43. The number of hydrogen-bond donors (Lipinski definition) is 1. The molecule has 3 aromatic carbocycles.